The minimum atomic E-state index is -0.829. The van der Waals surface area contributed by atoms with Crippen LogP contribution in [0.25, 0.3) is 22.9 Å². The predicted octanol–water partition coefficient (Wildman–Crippen LogP) is 9.74. The third-order valence-corrected chi connectivity index (χ3v) is 9.27. The fraction of sp³-hybridized carbons (Fsp3) is 0.0526. The van der Waals surface area contributed by atoms with Crippen LogP contribution in [0.15, 0.2) is 139 Å². The second kappa shape index (κ2) is 9.57. The summed E-state index contributed by atoms with van der Waals surface area (Å²) in [5.74, 6) is 1.35. The number of thiophene rings is 1. The fourth-order valence-corrected chi connectivity index (χ4v) is 7.08. The third kappa shape index (κ3) is 3.76. The first kappa shape index (κ1) is 24.8. The molecular formula is C38H25FO2S. The SMILES string of the molecule is Fc1ccc(C2(c3cccs3)C=Cc3c(ccc4c5c(ccc34)OC(c3ccccc3)(c3ccccc3)C=C5)O2)cc1. The molecule has 8 rings (SSSR count). The summed E-state index contributed by atoms with van der Waals surface area (Å²) >= 11 is 1.62. The minimum absolute atomic E-state index is 0.269. The first-order chi connectivity index (χ1) is 20.7. The molecule has 5 aromatic carbocycles. The maximum Gasteiger partial charge on any atom is 0.187 e. The van der Waals surface area contributed by atoms with E-state index in [1.54, 1.807) is 23.5 Å². The van der Waals surface area contributed by atoms with Gasteiger partial charge in [0.1, 0.15) is 17.3 Å². The highest BCUT2D eigenvalue weighted by Gasteiger charge is 2.40. The highest BCUT2D eigenvalue weighted by Crippen LogP contribution is 2.48. The summed E-state index contributed by atoms with van der Waals surface area (Å²) in [6.45, 7) is 0. The summed E-state index contributed by atoms with van der Waals surface area (Å²) in [5, 5.41) is 4.22. The van der Waals surface area contributed by atoms with Crippen molar-refractivity contribution < 1.29 is 13.9 Å². The van der Waals surface area contributed by atoms with Gasteiger partial charge in [0.15, 0.2) is 11.2 Å². The van der Waals surface area contributed by atoms with Crippen LogP contribution in [-0.4, -0.2) is 0 Å². The Morgan fingerprint density at radius 2 is 1.02 bits per heavy atom. The van der Waals surface area contributed by atoms with E-state index in [-0.39, 0.29) is 5.82 Å². The molecule has 42 heavy (non-hydrogen) atoms. The molecule has 0 saturated heterocycles. The lowest BCUT2D eigenvalue weighted by Crippen LogP contribution is -2.34. The lowest BCUT2D eigenvalue weighted by atomic mass is 9.83. The van der Waals surface area contributed by atoms with Crippen LogP contribution in [-0.2, 0) is 11.2 Å². The van der Waals surface area contributed by atoms with E-state index in [2.05, 4.69) is 72.8 Å². The summed E-state index contributed by atoms with van der Waals surface area (Å²) in [6, 6.07) is 39.7. The van der Waals surface area contributed by atoms with Gasteiger partial charge in [0.2, 0.25) is 0 Å². The van der Waals surface area contributed by atoms with Gasteiger partial charge < -0.3 is 9.47 Å². The van der Waals surface area contributed by atoms with Crippen LogP contribution in [0.2, 0.25) is 0 Å². The molecule has 3 heterocycles. The number of ether oxygens (including phenoxy) is 2. The zero-order valence-electron chi connectivity index (χ0n) is 22.5. The van der Waals surface area contributed by atoms with Crippen molar-refractivity contribution in [3.63, 3.8) is 0 Å². The van der Waals surface area contributed by atoms with Crippen molar-refractivity contribution in [2.45, 2.75) is 11.2 Å². The molecule has 0 spiro atoms. The molecule has 2 aliphatic heterocycles. The second-order valence-electron chi connectivity index (χ2n) is 10.6. The molecule has 0 fully saturated rings. The normalized spacial score (nSPS) is 18.1. The van der Waals surface area contributed by atoms with Crippen molar-refractivity contribution in [1.82, 2.24) is 0 Å². The van der Waals surface area contributed by atoms with E-state index in [0.717, 1.165) is 55.0 Å². The van der Waals surface area contributed by atoms with E-state index in [4.69, 9.17) is 9.47 Å². The summed E-state index contributed by atoms with van der Waals surface area (Å²) in [5.41, 5.74) is 3.53. The Balaban J connectivity index is 1.25. The van der Waals surface area contributed by atoms with Crippen molar-refractivity contribution in [3.8, 4) is 11.5 Å². The van der Waals surface area contributed by atoms with Crippen LogP contribution in [0.5, 0.6) is 11.5 Å². The first-order valence-corrected chi connectivity index (χ1v) is 14.8. The Morgan fingerprint density at radius 1 is 0.500 bits per heavy atom. The monoisotopic (exact) mass is 564 g/mol. The van der Waals surface area contributed by atoms with Gasteiger partial charge in [0.25, 0.3) is 0 Å². The number of hydrogen-bond donors (Lipinski definition) is 0. The quantitative estimate of drug-likeness (QED) is 0.212. The third-order valence-electron chi connectivity index (χ3n) is 8.28. The molecule has 0 radical (unpaired) electrons. The smallest absolute Gasteiger partial charge is 0.187 e. The molecule has 6 aromatic rings. The standard InChI is InChI=1S/C38H25FO2S/c39-29-15-13-28(14-16-29)38(36-12-7-25-42-36)24-22-33-31-17-19-34-32(30(31)18-20-35(33)41-38)21-23-37(40-34,26-8-3-1-4-9-26)27-10-5-2-6-11-27/h1-25H. The Hall–Kier alpha value is -4.93. The number of benzene rings is 5. The van der Waals surface area contributed by atoms with Gasteiger partial charge in [-0.1, -0.05) is 78.9 Å². The van der Waals surface area contributed by atoms with E-state index >= 15 is 0 Å². The van der Waals surface area contributed by atoms with Gasteiger partial charge in [0, 0.05) is 27.8 Å². The maximum absolute atomic E-state index is 13.8. The molecule has 2 nitrogen and oxygen atoms in total. The van der Waals surface area contributed by atoms with Crippen LogP contribution in [0, 0.1) is 5.82 Å². The average molecular weight is 565 g/mol. The zero-order chi connectivity index (χ0) is 28.1. The summed E-state index contributed by atoms with van der Waals surface area (Å²) in [7, 11) is 0. The Labute approximate surface area is 247 Å². The van der Waals surface area contributed by atoms with Crippen LogP contribution < -0.4 is 9.47 Å². The minimum Gasteiger partial charge on any atom is -0.473 e. The van der Waals surface area contributed by atoms with Crippen LogP contribution in [0.1, 0.15) is 32.7 Å². The Bertz CT molecular complexity index is 1940. The van der Waals surface area contributed by atoms with Gasteiger partial charge in [-0.2, -0.15) is 0 Å². The van der Waals surface area contributed by atoms with Crippen LogP contribution in [0.3, 0.4) is 0 Å². The largest absolute Gasteiger partial charge is 0.473 e. The average Bonchev–Trinajstić information content (AvgIpc) is 3.61. The second-order valence-corrected chi connectivity index (χ2v) is 11.6. The van der Waals surface area contributed by atoms with Gasteiger partial charge in [-0.25, -0.2) is 4.39 Å². The molecular weight excluding hydrogens is 539 g/mol. The summed E-state index contributed by atoms with van der Waals surface area (Å²) in [6.07, 6.45) is 8.59. The van der Waals surface area contributed by atoms with Gasteiger partial charge in [0.05, 0.1) is 4.88 Å². The zero-order valence-corrected chi connectivity index (χ0v) is 23.4. The predicted molar refractivity (Wildman–Crippen MR) is 168 cm³/mol. The number of fused-ring (bicyclic) bond motifs is 5. The number of rotatable bonds is 4. The Kier molecular flexibility index (Phi) is 5.66. The fourth-order valence-electron chi connectivity index (χ4n) is 6.22. The molecule has 4 heteroatoms. The van der Waals surface area contributed by atoms with E-state index in [9.17, 15) is 4.39 Å². The van der Waals surface area contributed by atoms with Crippen molar-refractivity contribution >= 4 is 34.3 Å². The highest BCUT2D eigenvalue weighted by molar-refractivity contribution is 7.10. The van der Waals surface area contributed by atoms with Gasteiger partial charge in [-0.05, 0) is 82.9 Å². The van der Waals surface area contributed by atoms with E-state index < -0.39 is 11.2 Å². The number of halogens is 1. The van der Waals surface area contributed by atoms with Crippen molar-refractivity contribution in [1.29, 1.82) is 0 Å². The molecule has 202 valence electrons. The molecule has 0 amide bonds. The van der Waals surface area contributed by atoms with Gasteiger partial charge in [-0.3, -0.25) is 0 Å². The molecule has 0 saturated carbocycles. The molecule has 0 bridgehead atoms. The van der Waals surface area contributed by atoms with Crippen molar-refractivity contribution in [2.24, 2.45) is 0 Å². The van der Waals surface area contributed by atoms with Gasteiger partial charge in [-0.15, -0.1) is 11.3 Å². The summed E-state index contributed by atoms with van der Waals surface area (Å²) in [4.78, 5) is 1.04. The lowest BCUT2D eigenvalue weighted by molar-refractivity contribution is 0.161. The van der Waals surface area contributed by atoms with Gasteiger partial charge >= 0.3 is 0 Å². The molecule has 2 aliphatic rings. The molecule has 0 N–H and O–H groups in total. The van der Waals surface area contributed by atoms with E-state index in [1.165, 1.54) is 12.1 Å². The Morgan fingerprint density at radius 3 is 1.57 bits per heavy atom. The molecule has 1 unspecified atom stereocenters. The van der Waals surface area contributed by atoms with Crippen molar-refractivity contribution in [3.05, 3.63) is 177 Å². The molecule has 1 aromatic heterocycles. The van der Waals surface area contributed by atoms with Crippen LogP contribution >= 0.6 is 11.3 Å². The number of hydrogen-bond acceptors (Lipinski definition) is 3. The molecule has 1 atom stereocenters. The van der Waals surface area contributed by atoms with E-state index in [0.29, 0.717) is 0 Å². The first-order valence-electron chi connectivity index (χ1n) is 13.9. The van der Waals surface area contributed by atoms with Crippen LogP contribution in [0.4, 0.5) is 4.39 Å². The topological polar surface area (TPSA) is 18.5 Å². The maximum atomic E-state index is 13.8. The van der Waals surface area contributed by atoms with Crippen molar-refractivity contribution in [2.75, 3.05) is 0 Å². The molecule has 0 aliphatic carbocycles. The summed E-state index contributed by atoms with van der Waals surface area (Å²) < 4.78 is 27.6. The lowest BCUT2D eigenvalue weighted by Gasteiger charge is -2.37. The van der Waals surface area contributed by atoms with E-state index in [1.807, 2.05) is 53.9 Å². The highest BCUT2D eigenvalue weighted by atomic mass is 32.1.